The molecule has 1 heterocycles. The highest BCUT2D eigenvalue weighted by Crippen LogP contribution is 2.47. The summed E-state index contributed by atoms with van der Waals surface area (Å²) in [6.07, 6.45) is 2.77. The third-order valence-corrected chi connectivity index (χ3v) is 4.61. The van der Waals surface area contributed by atoms with Crippen molar-refractivity contribution in [2.45, 2.75) is 26.3 Å². The highest BCUT2D eigenvalue weighted by molar-refractivity contribution is 6.31. The number of aromatic nitrogens is 1. The quantitative estimate of drug-likeness (QED) is 0.819. The lowest BCUT2D eigenvalue weighted by Crippen LogP contribution is -2.39. The number of rotatable bonds is 5. The SMILES string of the molecule is Cc1ccc(NC(=O)C2(C(=O)NCc3ccccn3)CC2)cc1Cl. The summed E-state index contributed by atoms with van der Waals surface area (Å²) in [6.45, 7) is 2.20. The van der Waals surface area contributed by atoms with E-state index in [4.69, 9.17) is 11.6 Å². The molecule has 124 valence electrons. The zero-order chi connectivity index (χ0) is 17.2. The van der Waals surface area contributed by atoms with Gasteiger partial charge >= 0.3 is 0 Å². The van der Waals surface area contributed by atoms with Gasteiger partial charge < -0.3 is 10.6 Å². The molecule has 1 aromatic heterocycles. The number of halogens is 1. The van der Waals surface area contributed by atoms with E-state index < -0.39 is 5.41 Å². The number of anilines is 1. The Hall–Kier alpha value is -2.40. The number of nitrogens with zero attached hydrogens (tertiary/aromatic N) is 1. The van der Waals surface area contributed by atoms with E-state index >= 15 is 0 Å². The Balaban J connectivity index is 1.63. The third-order valence-electron chi connectivity index (χ3n) is 4.21. The molecule has 2 aromatic rings. The summed E-state index contributed by atoms with van der Waals surface area (Å²) in [6, 6.07) is 10.8. The standard InChI is InChI=1S/C18H18ClN3O2/c1-12-5-6-13(10-15(12)19)22-17(24)18(7-8-18)16(23)21-11-14-4-2-3-9-20-14/h2-6,9-10H,7-8,11H2,1H3,(H,21,23)(H,22,24). The van der Waals surface area contributed by atoms with Crippen LogP contribution in [0.2, 0.25) is 5.02 Å². The van der Waals surface area contributed by atoms with Crippen LogP contribution >= 0.6 is 11.6 Å². The summed E-state index contributed by atoms with van der Waals surface area (Å²) in [5.74, 6) is -0.551. The smallest absolute Gasteiger partial charge is 0.240 e. The third kappa shape index (κ3) is 3.41. The molecule has 1 saturated carbocycles. The summed E-state index contributed by atoms with van der Waals surface area (Å²) < 4.78 is 0. The molecule has 1 aromatic carbocycles. The van der Waals surface area contributed by atoms with E-state index in [-0.39, 0.29) is 11.8 Å². The molecule has 1 aliphatic rings. The van der Waals surface area contributed by atoms with E-state index in [1.807, 2.05) is 31.2 Å². The Morgan fingerprint density at radius 1 is 1.21 bits per heavy atom. The lowest BCUT2D eigenvalue weighted by molar-refractivity contribution is -0.134. The van der Waals surface area contributed by atoms with Crippen molar-refractivity contribution in [2.75, 3.05) is 5.32 Å². The summed E-state index contributed by atoms with van der Waals surface area (Å²) in [4.78, 5) is 29.1. The molecule has 0 aliphatic heterocycles. The van der Waals surface area contributed by atoms with E-state index in [1.165, 1.54) is 0 Å². The molecule has 1 aliphatic carbocycles. The fraction of sp³-hybridized carbons (Fsp3) is 0.278. The first-order valence-electron chi connectivity index (χ1n) is 7.77. The van der Waals surface area contributed by atoms with Crippen molar-refractivity contribution in [1.29, 1.82) is 0 Å². The second-order valence-corrected chi connectivity index (χ2v) is 6.41. The number of hydrogen-bond acceptors (Lipinski definition) is 3. The molecule has 0 atom stereocenters. The normalized spacial score (nSPS) is 14.8. The maximum absolute atomic E-state index is 12.5. The minimum atomic E-state index is -0.980. The molecule has 6 heteroatoms. The maximum Gasteiger partial charge on any atom is 0.240 e. The summed E-state index contributed by atoms with van der Waals surface area (Å²) in [5.41, 5.74) is 1.31. The highest BCUT2D eigenvalue weighted by Gasteiger charge is 2.56. The van der Waals surface area contributed by atoms with Gasteiger partial charge in [0.1, 0.15) is 5.41 Å². The first-order valence-corrected chi connectivity index (χ1v) is 8.15. The molecule has 2 amide bonds. The lowest BCUT2D eigenvalue weighted by Gasteiger charge is -2.15. The van der Waals surface area contributed by atoms with E-state index in [2.05, 4.69) is 15.6 Å². The Kier molecular flexibility index (Phi) is 4.53. The first kappa shape index (κ1) is 16.5. The average molecular weight is 344 g/mol. The summed E-state index contributed by atoms with van der Waals surface area (Å²) in [7, 11) is 0. The van der Waals surface area contributed by atoms with Gasteiger partial charge in [0.15, 0.2) is 0 Å². The van der Waals surface area contributed by atoms with Crippen LogP contribution in [-0.4, -0.2) is 16.8 Å². The predicted molar refractivity (Wildman–Crippen MR) is 92.6 cm³/mol. The van der Waals surface area contributed by atoms with Crippen LogP contribution in [0.3, 0.4) is 0 Å². The van der Waals surface area contributed by atoms with Crippen LogP contribution in [-0.2, 0) is 16.1 Å². The number of carbonyl (C=O) groups is 2. The molecule has 1 fully saturated rings. The zero-order valence-corrected chi connectivity index (χ0v) is 14.1. The summed E-state index contributed by atoms with van der Waals surface area (Å²) >= 11 is 6.07. The van der Waals surface area contributed by atoms with Crippen molar-refractivity contribution in [2.24, 2.45) is 5.41 Å². The molecule has 0 bridgehead atoms. The fourth-order valence-corrected chi connectivity index (χ4v) is 2.63. The van der Waals surface area contributed by atoms with Crippen LogP contribution in [0.15, 0.2) is 42.6 Å². The van der Waals surface area contributed by atoms with Crippen molar-refractivity contribution >= 4 is 29.1 Å². The van der Waals surface area contributed by atoms with Crippen molar-refractivity contribution in [3.8, 4) is 0 Å². The lowest BCUT2D eigenvalue weighted by atomic mass is 10.0. The topological polar surface area (TPSA) is 71.1 Å². The average Bonchev–Trinajstić information content (AvgIpc) is 3.39. The van der Waals surface area contributed by atoms with Crippen molar-refractivity contribution in [3.05, 3.63) is 58.9 Å². The Labute approximate surface area is 145 Å². The fourth-order valence-electron chi connectivity index (χ4n) is 2.45. The second-order valence-electron chi connectivity index (χ2n) is 6.00. The number of benzene rings is 1. The minimum absolute atomic E-state index is 0.260. The highest BCUT2D eigenvalue weighted by atomic mass is 35.5. The van der Waals surface area contributed by atoms with Crippen molar-refractivity contribution < 1.29 is 9.59 Å². The molecule has 24 heavy (non-hydrogen) atoms. The van der Waals surface area contributed by atoms with Gasteiger partial charge in [0.25, 0.3) is 0 Å². The number of hydrogen-bond donors (Lipinski definition) is 2. The van der Waals surface area contributed by atoms with Crippen LogP contribution in [0.5, 0.6) is 0 Å². The number of amides is 2. The van der Waals surface area contributed by atoms with Gasteiger partial charge in [-0.25, -0.2) is 0 Å². The van der Waals surface area contributed by atoms with Gasteiger partial charge in [-0.3, -0.25) is 14.6 Å². The molecule has 0 spiro atoms. The van der Waals surface area contributed by atoms with E-state index in [0.29, 0.717) is 30.1 Å². The molecule has 0 saturated heterocycles. The van der Waals surface area contributed by atoms with Gasteiger partial charge in [-0.1, -0.05) is 23.7 Å². The van der Waals surface area contributed by atoms with Crippen LogP contribution in [0.4, 0.5) is 5.69 Å². The van der Waals surface area contributed by atoms with E-state index in [0.717, 1.165) is 11.3 Å². The van der Waals surface area contributed by atoms with Gasteiger partial charge in [0.2, 0.25) is 11.8 Å². The van der Waals surface area contributed by atoms with Crippen LogP contribution < -0.4 is 10.6 Å². The van der Waals surface area contributed by atoms with Crippen LogP contribution in [0.25, 0.3) is 0 Å². The summed E-state index contributed by atoms with van der Waals surface area (Å²) in [5, 5.41) is 6.17. The van der Waals surface area contributed by atoms with Crippen LogP contribution in [0, 0.1) is 12.3 Å². The molecular formula is C18H18ClN3O2. The van der Waals surface area contributed by atoms with Gasteiger partial charge in [-0.05, 0) is 49.6 Å². The zero-order valence-electron chi connectivity index (χ0n) is 13.3. The van der Waals surface area contributed by atoms with Gasteiger partial charge in [-0.15, -0.1) is 0 Å². The molecule has 3 rings (SSSR count). The maximum atomic E-state index is 12.5. The second kappa shape index (κ2) is 6.61. The molecule has 0 radical (unpaired) electrons. The Morgan fingerprint density at radius 3 is 2.62 bits per heavy atom. The van der Waals surface area contributed by atoms with Crippen LogP contribution in [0.1, 0.15) is 24.1 Å². The van der Waals surface area contributed by atoms with E-state index in [9.17, 15) is 9.59 Å². The number of carbonyl (C=O) groups excluding carboxylic acids is 2. The van der Waals surface area contributed by atoms with Gasteiger partial charge in [0, 0.05) is 16.9 Å². The number of aryl methyl sites for hydroxylation is 1. The molecular weight excluding hydrogens is 326 g/mol. The van der Waals surface area contributed by atoms with Gasteiger partial charge in [0.05, 0.1) is 12.2 Å². The van der Waals surface area contributed by atoms with Crippen molar-refractivity contribution in [3.63, 3.8) is 0 Å². The Bertz CT molecular complexity index is 773. The monoisotopic (exact) mass is 343 g/mol. The first-order chi connectivity index (χ1) is 11.5. The molecule has 2 N–H and O–H groups in total. The predicted octanol–water partition coefficient (Wildman–Crippen LogP) is 3.08. The van der Waals surface area contributed by atoms with Gasteiger partial charge in [-0.2, -0.15) is 0 Å². The number of nitrogens with one attached hydrogen (secondary N) is 2. The molecule has 0 unspecified atom stereocenters. The van der Waals surface area contributed by atoms with E-state index in [1.54, 1.807) is 18.3 Å². The largest absolute Gasteiger partial charge is 0.350 e. The molecule has 5 nitrogen and oxygen atoms in total. The number of pyridine rings is 1. The van der Waals surface area contributed by atoms with Crippen molar-refractivity contribution in [1.82, 2.24) is 10.3 Å². The minimum Gasteiger partial charge on any atom is -0.350 e. The Morgan fingerprint density at radius 2 is 2.00 bits per heavy atom.